The summed E-state index contributed by atoms with van der Waals surface area (Å²) >= 11 is 1.73. The van der Waals surface area contributed by atoms with Crippen molar-refractivity contribution in [2.24, 2.45) is 0 Å². The van der Waals surface area contributed by atoms with Crippen LogP contribution in [0.25, 0.3) is 0 Å². The molecule has 0 radical (unpaired) electrons. The molecule has 0 aliphatic heterocycles. The fourth-order valence-corrected chi connectivity index (χ4v) is 3.00. The molecule has 0 saturated carbocycles. The predicted octanol–water partition coefficient (Wildman–Crippen LogP) is 3.52. The number of methoxy groups -OCH3 is 1. The summed E-state index contributed by atoms with van der Waals surface area (Å²) in [6.45, 7) is 11.8. The predicted molar refractivity (Wildman–Crippen MR) is 78.3 cm³/mol. The van der Waals surface area contributed by atoms with Crippen molar-refractivity contribution in [2.45, 2.75) is 58.6 Å². The second kappa shape index (κ2) is 6.64. The highest BCUT2D eigenvalue weighted by Gasteiger charge is 2.35. The highest BCUT2D eigenvalue weighted by Crippen LogP contribution is 2.31. The van der Waals surface area contributed by atoms with Crippen LogP contribution in [0.1, 0.15) is 57.7 Å². The molecule has 0 fully saturated rings. The van der Waals surface area contributed by atoms with Crippen molar-refractivity contribution in [1.82, 2.24) is 10.3 Å². The van der Waals surface area contributed by atoms with E-state index >= 15 is 0 Å². The molecule has 1 heterocycles. The normalized spacial score (nSPS) is 16.8. The smallest absolute Gasteiger partial charge is 0.115 e. The fourth-order valence-electron chi connectivity index (χ4n) is 1.80. The van der Waals surface area contributed by atoms with Gasteiger partial charge in [0.1, 0.15) is 5.01 Å². The maximum absolute atomic E-state index is 5.54. The van der Waals surface area contributed by atoms with Gasteiger partial charge in [-0.1, -0.05) is 20.8 Å². The first-order chi connectivity index (χ1) is 8.45. The van der Waals surface area contributed by atoms with Crippen LogP contribution in [0.2, 0.25) is 0 Å². The van der Waals surface area contributed by atoms with Gasteiger partial charge in [0.15, 0.2) is 0 Å². The Balaban J connectivity index is 3.00. The second-order valence-electron chi connectivity index (χ2n) is 5.24. The Labute approximate surface area is 115 Å². The maximum Gasteiger partial charge on any atom is 0.115 e. The Hall–Kier alpha value is -0.450. The van der Waals surface area contributed by atoms with Crippen LogP contribution in [-0.4, -0.2) is 24.7 Å². The lowest BCUT2D eigenvalue weighted by Crippen LogP contribution is -2.49. The van der Waals surface area contributed by atoms with Crippen molar-refractivity contribution in [2.75, 3.05) is 13.7 Å². The SMILES string of the molecule is CCCNC(C)(c1nc(C(C)C)cs1)C(C)OC. The minimum Gasteiger partial charge on any atom is -0.379 e. The van der Waals surface area contributed by atoms with Crippen molar-refractivity contribution < 1.29 is 4.74 Å². The Morgan fingerprint density at radius 1 is 1.44 bits per heavy atom. The monoisotopic (exact) mass is 270 g/mol. The van der Waals surface area contributed by atoms with E-state index in [0.717, 1.165) is 18.0 Å². The molecule has 0 aromatic carbocycles. The zero-order valence-corrected chi connectivity index (χ0v) is 13.2. The zero-order chi connectivity index (χ0) is 13.8. The number of hydrogen-bond acceptors (Lipinski definition) is 4. The van der Waals surface area contributed by atoms with Crippen LogP contribution in [-0.2, 0) is 10.3 Å². The molecule has 1 rings (SSSR count). The quantitative estimate of drug-likeness (QED) is 0.823. The van der Waals surface area contributed by atoms with Crippen LogP contribution in [0, 0.1) is 0 Å². The van der Waals surface area contributed by atoms with E-state index in [2.05, 4.69) is 45.3 Å². The molecule has 0 bridgehead atoms. The van der Waals surface area contributed by atoms with E-state index in [1.54, 1.807) is 18.4 Å². The lowest BCUT2D eigenvalue weighted by molar-refractivity contribution is 0.0362. The summed E-state index contributed by atoms with van der Waals surface area (Å²) in [7, 11) is 1.76. The molecule has 0 saturated heterocycles. The van der Waals surface area contributed by atoms with Crippen LogP contribution < -0.4 is 5.32 Å². The van der Waals surface area contributed by atoms with Crippen molar-refractivity contribution in [3.63, 3.8) is 0 Å². The number of ether oxygens (including phenoxy) is 1. The number of aromatic nitrogens is 1. The first-order valence-electron chi connectivity index (χ1n) is 6.69. The summed E-state index contributed by atoms with van der Waals surface area (Å²) in [6, 6.07) is 0. The van der Waals surface area contributed by atoms with Gasteiger partial charge < -0.3 is 10.1 Å². The van der Waals surface area contributed by atoms with Gasteiger partial charge in [-0.3, -0.25) is 0 Å². The molecule has 0 aliphatic carbocycles. The summed E-state index contributed by atoms with van der Waals surface area (Å²) in [5, 5.41) is 6.87. The molecule has 0 aliphatic rings. The average molecular weight is 270 g/mol. The van der Waals surface area contributed by atoms with E-state index in [1.165, 1.54) is 5.69 Å². The van der Waals surface area contributed by atoms with Gasteiger partial charge in [-0.05, 0) is 32.7 Å². The third-order valence-corrected chi connectivity index (χ3v) is 4.56. The summed E-state index contributed by atoms with van der Waals surface area (Å²) < 4.78 is 5.54. The number of nitrogens with one attached hydrogen (secondary N) is 1. The van der Waals surface area contributed by atoms with Crippen LogP contribution in [0.15, 0.2) is 5.38 Å². The summed E-state index contributed by atoms with van der Waals surface area (Å²) in [6.07, 6.45) is 1.20. The Kier molecular flexibility index (Phi) is 5.76. The molecule has 2 unspecified atom stereocenters. The van der Waals surface area contributed by atoms with Gasteiger partial charge in [0, 0.05) is 12.5 Å². The van der Waals surface area contributed by atoms with Gasteiger partial charge in [-0.15, -0.1) is 11.3 Å². The molecule has 0 amide bonds. The topological polar surface area (TPSA) is 34.2 Å². The minimum atomic E-state index is -0.206. The van der Waals surface area contributed by atoms with E-state index < -0.39 is 0 Å². The lowest BCUT2D eigenvalue weighted by atomic mass is 9.96. The molecule has 3 nitrogen and oxygen atoms in total. The summed E-state index contributed by atoms with van der Waals surface area (Å²) in [5.74, 6) is 0.475. The van der Waals surface area contributed by atoms with E-state index in [4.69, 9.17) is 9.72 Å². The fraction of sp³-hybridized carbons (Fsp3) is 0.786. The molecule has 1 aromatic rings. The van der Waals surface area contributed by atoms with Gasteiger partial charge in [-0.25, -0.2) is 4.98 Å². The Morgan fingerprint density at radius 3 is 2.56 bits per heavy atom. The van der Waals surface area contributed by atoms with Crippen molar-refractivity contribution >= 4 is 11.3 Å². The van der Waals surface area contributed by atoms with E-state index in [0.29, 0.717) is 5.92 Å². The van der Waals surface area contributed by atoms with Gasteiger partial charge in [0.25, 0.3) is 0 Å². The molecule has 104 valence electrons. The van der Waals surface area contributed by atoms with Crippen LogP contribution in [0.4, 0.5) is 0 Å². The standard InChI is InChI=1S/C14H26N2OS/c1-7-8-15-14(5,11(4)17-6)13-16-12(9-18-13)10(2)3/h9-11,15H,7-8H2,1-6H3. The number of rotatable bonds is 7. The molecule has 2 atom stereocenters. The first kappa shape index (κ1) is 15.6. The van der Waals surface area contributed by atoms with Gasteiger partial charge in [-0.2, -0.15) is 0 Å². The summed E-state index contributed by atoms with van der Waals surface area (Å²) in [4.78, 5) is 4.78. The van der Waals surface area contributed by atoms with Gasteiger partial charge >= 0.3 is 0 Å². The van der Waals surface area contributed by atoms with Crippen molar-refractivity contribution in [3.05, 3.63) is 16.1 Å². The van der Waals surface area contributed by atoms with Crippen molar-refractivity contribution in [3.8, 4) is 0 Å². The largest absolute Gasteiger partial charge is 0.379 e. The third-order valence-electron chi connectivity index (χ3n) is 3.47. The highest BCUT2D eigenvalue weighted by molar-refractivity contribution is 7.09. The van der Waals surface area contributed by atoms with Crippen LogP contribution >= 0.6 is 11.3 Å². The molecular formula is C14H26N2OS. The van der Waals surface area contributed by atoms with E-state index in [1.807, 2.05) is 0 Å². The zero-order valence-electron chi connectivity index (χ0n) is 12.4. The molecule has 0 spiro atoms. The Bertz CT molecular complexity index is 364. The second-order valence-corrected chi connectivity index (χ2v) is 6.10. The third kappa shape index (κ3) is 3.31. The average Bonchev–Trinajstić information content (AvgIpc) is 2.85. The molecule has 1 N–H and O–H groups in total. The first-order valence-corrected chi connectivity index (χ1v) is 7.57. The summed E-state index contributed by atoms with van der Waals surface area (Å²) in [5.41, 5.74) is 0.963. The maximum atomic E-state index is 5.54. The molecule has 18 heavy (non-hydrogen) atoms. The Morgan fingerprint density at radius 2 is 2.11 bits per heavy atom. The number of thiazole rings is 1. The lowest BCUT2D eigenvalue weighted by Gasteiger charge is -2.34. The van der Waals surface area contributed by atoms with Crippen LogP contribution in [0.5, 0.6) is 0 Å². The molecule has 1 aromatic heterocycles. The minimum absolute atomic E-state index is 0.0928. The van der Waals surface area contributed by atoms with Gasteiger partial charge in [0.2, 0.25) is 0 Å². The number of nitrogens with zero attached hydrogens (tertiary/aromatic N) is 1. The van der Waals surface area contributed by atoms with E-state index in [9.17, 15) is 0 Å². The van der Waals surface area contributed by atoms with Crippen LogP contribution in [0.3, 0.4) is 0 Å². The molecule has 4 heteroatoms. The van der Waals surface area contributed by atoms with Crippen molar-refractivity contribution in [1.29, 1.82) is 0 Å². The number of hydrogen-bond donors (Lipinski definition) is 1. The van der Waals surface area contributed by atoms with Gasteiger partial charge in [0.05, 0.1) is 17.3 Å². The molecular weight excluding hydrogens is 244 g/mol. The highest BCUT2D eigenvalue weighted by atomic mass is 32.1. The van der Waals surface area contributed by atoms with E-state index in [-0.39, 0.29) is 11.6 Å².